The Morgan fingerprint density at radius 1 is 1.28 bits per heavy atom. The van der Waals surface area contributed by atoms with Gasteiger partial charge in [-0.15, -0.1) is 0 Å². The molecule has 0 bridgehead atoms. The molecule has 0 N–H and O–H groups in total. The number of esters is 1. The normalized spacial score (nSPS) is 13.3. The van der Waals surface area contributed by atoms with E-state index in [4.69, 9.17) is 4.74 Å². The lowest BCUT2D eigenvalue weighted by molar-refractivity contribution is -0.134. The molecule has 18 heavy (non-hydrogen) atoms. The predicted octanol–water partition coefficient (Wildman–Crippen LogP) is 4.57. The third-order valence-corrected chi connectivity index (χ3v) is 4.38. The van der Waals surface area contributed by atoms with Crippen molar-refractivity contribution in [3.05, 3.63) is 45.8 Å². The molecule has 3 rings (SSSR count). The summed E-state index contributed by atoms with van der Waals surface area (Å²) in [5.74, 6) is 0.334. The SMILES string of the molecule is CC(=O)OC1=CSc2ccc(Br)c3cccc1c23. The Kier molecular flexibility index (Phi) is 2.92. The number of hydrogen-bond acceptors (Lipinski definition) is 3. The van der Waals surface area contributed by atoms with Crippen molar-refractivity contribution >= 4 is 50.2 Å². The van der Waals surface area contributed by atoms with E-state index in [1.807, 2.05) is 23.6 Å². The second-order valence-electron chi connectivity index (χ2n) is 3.97. The van der Waals surface area contributed by atoms with Gasteiger partial charge in [0.2, 0.25) is 0 Å². The van der Waals surface area contributed by atoms with Crippen molar-refractivity contribution < 1.29 is 9.53 Å². The van der Waals surface area contributed by atoms with Crippen LogP contribution in [0, 0.1) is 0 Å². The van der Waals surface area contributed by atoms with Crippen LogP contribution in [-0.4, -0.2) is 5.97 Å². The van der Waals surface area contributed by atoms with Gasteiger partial charge in [0.1, 0.15) is 5.76 Å². The molecule has 2 aromatic carbocycles. The fraction of sp³-hybridized carbons (Fsp3) is 0.0714. The molecule has 2 nitrogen and oxygen atoms in total. The predicted molar refractivity (Wildman–Crippen MR) is 77.2 cm³/mol. The second-order valence-corrected chi connectivity index (χ2v) is 5.73. The Labute approximate surface area is 117 Å². The van der Waals surface area contributed by atoms with Crippen LogP contribution in [-0.2, 0) is 9.53 Å². The van der Waals surface area contributed by atoms with Crippen molar-refractivity contribution in [2.75, 3.05) is 0 Å². The molecule has 0 aromatic heterocycles. The van der Waals surface area contributed by atoms with Crippen LogP contribution in [0.1, 0.15) is 12.5 Å². The van der Waals surface area contributed by atoms with Crippen LogP contribution in [0.5, 0.6) is 0 Å². The zero-order chi connectivity index (χ0) is 12.7. The summed E-state index contributed by atoms with van der Waals surface area (Å²) >= 11 is 5.13. The van der Waals surface area contributed by atoms with Gasteiger partial charge in [0.25, 0.3) is 0 Å². The first kappa shape index (κ1) is 11.8. The average Bonchev–Trinajstić information content (AvgIpc) is 2.35. The summed E-state index contributed by atoms with van der Waals surface area (Å²) < 4.78 is 6.31. The number of rotatable bonds is 1. The van der Waals surface area contributed by atoms with Crippen molar-refractivity contribution in [2.45, 2.75) is 11.8 Å². The summed E-state index contributed by atoms with van der Waals surface area (Å²) in [5, 5.41) is 4.15. The van der Waals surface area contributed by atoms with Gasteiger partial charge in [-0.2, -0.15) is 0 Å². The zero-order valence-corrected chi connectivity index (χ0v) is 12.0. The molecule has 0 fully saturated rings. The van der Waals surface area contributed by atoms with Gasteiger partial charge in [0.05, 0.1) is 0 Å². The molecule has 0 radical (unpaired) electrons. The van der Waals surface area contributed by atoms with Gasteiger partial charge in [-0.05, 0) is 17.5 Å². The molecule has 0 spiro atoms. The van der Waals surface area contributed by atoms with Crippen molar-refractivity contribution in [3.63, 3.8) is 0 Å². The first-order valence-electron chi connectivity index (χ1n) is 5.43. The van der Waals surface area contributed by atoms with Crippen LogP contribution in [0.25, 0.3) is 16.5 Å². The summed E-state index contributed by atoms with van der Waals surface area (Å²) in [6.45, 7) is 1.42. The van der Waals surface area contributed by atoms with E-state index in [0.717, 1.165) is 20.8 Å². The molecule has 0 amide bonds. The highest BCUT2D eigenvalue weighted by molar-refractivity contribution is 9.10. The minimum atomic E-state index is -0.294. The van der Waals surface area contributed by atoms with Crippen LogP contribution in [0.2, 0.25) is 0 Å². The molecule has 90 valence electrons. The molecule has 0 saturated heterocycles. The summed E-state index contributed by atoms with van der Waals surface area (Å²) in [6.07, 6.45) is 0. The summed E-state index contributed by atoms with van der Waals surface area (Å²) in [4.78, 5) is 12.3. The highest BCUT2D eigenvalue weighted by Crippen LogP contribution is 2.42. The lowest BCUT2D eigenvalue weighted by Gasteiger charge is -2.17. The average molecular weight is 321 g/mol. The number of thioether (sulfide) groups is 1. The Morgan fingerprint density at radius 2 is 2.11 bits per heavy atom. The molecule has 1 aliphatic heterocycles. The van der Waals surface area contributed by atoms with Crippen molar-refractivity contribution in [1.82, 2.24) is 0 Å². The minimum Gasteiger partial charge on any atom is -0.425 e. The number of benzene rings is 2. The Hall–Kier alpha value is -1.26. The molecule has 0 atom stereocenters. The summed E-state index contributed by atoms with van der Waals surface area (Å²) in [7, 11) is 0. The van der Waals surface area contributed by atoms with E-state index >= 15 is 0 Å². The van der Waals surface area contributed by atoms with Gasteiger partial charge in [-0.3, -0.25) is 4.79 Å². The third-order valence-electron chi connectivity index (χ3n) is 2.76. The number of carbonyl (C=O) groups excluding carboxylic acids is 1. The minimum absolute atomic E-state index is 0.294. The molecular formula is C14H9BrO2S. The standard InChI is InChI=1S/C14H9BrO2S/c1-8(16)17-12-7-18-13-6-5-11(15)9-3-2-4-10(12)14(9)13/h2-7H,1H3. The topological polar surface area (TPSA) is 26.3 Å². The van der Waals surface area contributed by atoms with Gasteiger partial charge in [0.15, 0.2) is 0 Å². The Morgan fingerprint density at radius 3 is 2.89 bits per heavy atom. The molecule has 0 unspecified atom stereocenters. The zero-order valence-electron chi connectivity index (χ0n) is 9.57. The maximum absolute atomic E-state index is 11.1. The molecule has 1 aliphatic rings. The van der Waals surface area contributed by atoms with Gasteiger partial charge in [-0.1, -0.05) is 45.9 Å². The lowest BCUT2D eigenvalue weighted by Crippen LogP contribution is -2.01. The number of hydrogen-bond donors (Lipinski definition) is 0. The highest BCUT2D eigenvalue weighted by atomic mass is 79.9. The van der Waals surface area contributed by atoms with Gasteiger partial charge >= 0.3 is 5.97 Å². The first-order valence-corrected chi connectivity index (χ1v) is 7.11. The van der Waals surface area contributed by atoms with E-state index in [2.05, 4.69) is 28.1 Å². The summed E-state index contributed by atoms with van der Waals surface area (Å²) in [5.41, 5.74) is 0.970. The second kappa shape index (κ2) is 4.44. The van der Waals surface area contributed by atoms with E-state index in [1.165, 1.54) is 11.8 Å². The summed E-state index contributed by atoms with van der Waals surface area (Å²) in [6, 6.07) is 10.1. The monoisotopic (exact) mass is 320 g/mol. The first-order chi connectivity index (χ1) is 8.66. The molecule has 4 heteroatoms. The Balaban J connectivity index is 2.28. The molecule has 0 saturated carbocycles. The van der Waals surface area contributed by atoms with Crippen molar-refractivity contribution in [1.29, 1.82) is 0 Å². The van der Waals surface area contributed by atoms with Crippen LogP contribution in [0.3, 0.4) is 0 Å². The van der Waals surface area contributed by atoms with Crippen LogP contribution >= 0.6 is 27.7 Å². The van der Waals surface area contributed by atoms with Crippen LogP contribution in [0.15, 0.2) is 45.1 Å². The van der Waals surface area contributed by atoms with E-state index in [9.17, 15) is 4.79 Å². The lowest BCUT2D eigenvalue weighted by atomic mass is 10.0. The highest BCUT2D eigenvalue weighted by Gasteiger charge is 2.18. The van der Waals surface area contributed by atoms with Crippen LogP contribution < -0.4 is 0 Å². The molecular weight excluding hydrogens is 312 g/mol. The fourth-order valence-electron chi connectivity index (χ4n) is 2.06. The largest absolute Gasteiger partial charge is 0.425 e. The molecule has 0 aliphatic carbocycles. The maximum atomic E-state index is 11.1. The number of ether oxygens (including phenoxy) is 1. The van der Waals surface area contributed by atoms with E-state index in [1.54, 1.807) is 11.8 Å². The van der Waals surface area contributed by atoms with E-state index < -0.39 is 0 Å². The third kappa shape index (κ3) is 1.85. The van der Waals surface area contributed by atoms with Crippen molar-refractivity contribution in [2.24, 2.45) is 0 Å². The molecule has 1 heterocycles. The van der Waals surface area contributed by atoms with E-state index in [-0.39, 0.29) is 5.97 Å². The van der Waals surface area contributed by atoms with Gasteiger partial charge in [0, 0.05) is 32.6 Å². The fourth-order valence-corrected chi connectivity index (χ4v) is 3.41. The maximum Gasteiger partial charge on any atom is 0.308 e. The van der Waals surface area contributed by atoms with Crippen molar-refractivity contribution in [3.8, 4) is 0 Å². The van der Waals surface area contributed by atoms with Crippen LogP contribution in [0.4, 0.5) is 0 Å². The number of halogens is 1. The quantitative estimate of drug-likeness (QED) is 0.720. The smallest absolute Gasteiger partial charge is 0.308 e. The Bertz CT molecular complexity index is 691. The molecule has 2 aromatic rings. The van der Waals surface area contributed by atoms with E-state index in [0.29, 0.717) is 5.76 Å². The van der Waals surface area contributed by atoms with Gasteiger partial charge in [-0.25, -0.2) is 0 Å². The number of carbonyl (C=O) groups is 1. The van der Waals surface area contributed by atoms with Gasteiger partial charge < -0.3 is 4.74 Å².